The summed E-state index contributed by atoms with van der Waals surface area (Å²) in [7, 11) is 0. The van der Waals surface area contributed by atoms with E-state index < -0.39 is 5.97 Å². The predicted molar refractivity (Wildman–Crippen MR) is 127 cm³/mol. The molecule has 0 aromatic heterocycles. The molecule has 0 aliphatic rings. The maximum atomic E-state index is 10.8. The van der Waals surface area contributed by atoms with Gasteiger partial charge in [-0.2, -0.15) is 0 Å². The van der Waals surface area contributed by atoms with Crippen LogP contribution in [-0.4, -0.2) is 58.8 Å². The SMILES string of the molecule is C=CC(=O)OCCOCCOCCOCCOc1ccccc1CCCCCCCCC. The van der Waals surface area contributed by atoms with Crippen LogP contribution in [-0.2, 0) is 30.2 Å². The van der Waals surface area contributed by atoms with Crippen molar-refractivity contribution in [1.82, 2.24) is 0 Å². The van der Waals surface area contributed by atoms with E-state index in [1.807, 2.05) is 12.1 Å². The second-order valence-corrected chi connectivity index (χ2v) is 7.54. The van der Waals surface area contributed by atoms with E-state index in [1.54, 1.807) is 0 Å². The molecule has 1 aromatic carbocycles. The first kappa shape index (κ1) is 28.1. The lowest BCUT2D eigenvalue weighted by Gasteiger charge is -2.12. The summed E-state index contributed by atoms with van der Waals surface area (Å²) in [5, 5.41) is 0. The zero-order chi connectivity index (χ0) is 23.1. The van der Waals surface area contributed by atoms with Crippen LogP contribution < -0.4 is 4.74 Å². The Kier molecular flexibility index (Phi) is 18.5. The van der Waals surface area contributed by atoms with Gasteiger partial charge >= 0.3 is 5.97 Å². The van der Waals surface area contributed by atoms with E-state index in [2.05, 4.69) is 25.6 Å². The molecular formula is C26H42O6. The van der Waals surface area contributed by atoms with Crippen molar-refractivity contribution in [2.45, 2.75) is 58.3 Å². The maximum Gasteiger partial charge on any atom is 0.330 e. The predicted octanol–water partition coefficient (Wildman–Crippen LogP) is 5.14. The standard InChI is InChI=1S/C26H42O6/c1-3-5-6-7-8-9-10-13-24-14-11-12-15-25(24)31-22-20-29-18-16-28-17-19-30-21-23-32-26(27)4-2/h4,11-12,14-15H,2-3,5-10,13,16-23H2,1H3. The number of benzene rings is 1. The van der Waals surface area contributed by atoms with Crippen LogP contribution in [0.15, 0.2) is 36.9 Å². The molecule has 0 atom stereocenters. The lowest BCUT2D eigenvalue weighted by Crippen LogP contribution is -2.14. The second kappa shape index (κ2) is 21.0. The summed E-state index contributed by atoms with van der Waals surface area (Å²) in [6.45, 7) is 9.14. The lowest BCUT2D eigenvalue weighted by molar-refractivity contribution is -0.139. The third-order valence-electron chi connectivity index (χ3n) is 4.89. The molecule has 6 heteroatoms. The molecular weight excluding hydrogens is 408 g/mol. The van der Waals surface area contributed by atoms with Gasteiger partial charge in [0.2, 0.25) is 0 Å². The quantitative estimate of drug-likeness (QED) is 0.138. The molecule has 32 heavy (non-hydrogen) atoms. The fraction of sp³-hybridized carbons (Fsp3) is 0.654. The highest BCUT2D eigenvalue weighted by molar-refractivity contribution is 5.81. The van der Waals surface area contributed by atoms with Crippen molar-refractivity contribution in [3.63, 3.8) is 0 Å². The van der Waals surface area contributed by atoms with E-state index >= 15 is 0 Å². The Hall–Kier alpha value is -1.89. The van der Waals surface area contributed by atoms with Crippen LogP contribution in [0.4, 0.5) is 0 Å². The van der Waals surface area contributed by atoms with Crippen molar-refractivity contribution in [3.05, 3.63) is 42.5 Å². The lowest BCUT2D eigenvalue weighted by atomic mass is 10.0. The molecule has 0 aliphatic carbocycles. The normalized spacial score (nSPS) is 10.8. The van der Waals surface area contributed by atoms with Crippen molar-refractivity contribution in [1.29, 1.82) is 0 Å². The fourth-order valence-electron chi connectivity index (χ4n) is 3.14. The Morgan fingerprint density at radius 3 is 2.00 bits per heavy atom. The van der Waals surface area contributed by atoms with Gasteiger partial charge in [-0.1, -0.05) is 70.2 Å². The van der Waals surface area contributed by atoms with Crippen LogP contribution in [0.5, 0.6) is 5.75 Å². The van der Waals surface area contributed by atoms with Gasteiger partial charge in [-0.3, -0.25) is 0 Å². The Balaban J connectivity index is 1.97. The fourth-order valence-corrected chi connectivity index (χ4v) is 3.14. The molecule has 0 spiro atoms. The molecule has 0 unspecified atom stereocenters. The highest BCUT2D eigenvalue weighted by Gasteiger charge is 2.03. The van der Waals surface area contributed by atoms with Crippen molar-refractivity contribution >= 4 is 5.97 Å². The summed E-state index contributed by atoms with van der Waals surface area (Å²) in [5.74, 6) is 0.525. The first-order valence-corrected chi connectivity index (χ1v) is 12.0. The molecule has 1 rings (SSSR count). The van der Waals surface area contributed by atoms with E-state index in [9.17, 15) is 4.79 Å². The number of esters is 1. The molecule has 1 aromatic rings. The first-order valence-electron chi connectivity index (χ1n) is 12.0. The third kappa shape index (κ3) is 15.8. The summed E-state index contributed by atoms with van der Waals surface area (Å²) in [4.78, 5) is 10.8. The number of carbonyl (C=O) groups excluding carboxylic acids is 1. The van der Waals surface area contributed by atoms with Gasteiger partial charge in [-0.05, 0) is 24.5 Å². The number of carbonyl (C=O) groups is 1. The molecule has 0 radical (unpaired) electrons. The number of rotatable bonds is 22. The average Bonchev–Trinajstić information content (AvgIpc) is 2.82. The summed E-state index contributed by atoms with van der Waals surface area (Å²) in [6, 6.07) is 8.29. The molecule has 0 bridgehead atoms. The molecule has 182 valence electrons. The van der Waals surface area contributed by atoms with Crippen LogP contribution in [0.1, 0.15) is 57.4 Å². The highest BCUT2D eigenvalue weighted by Crippen LogP contribution is 2.21. The topological polar surface area (TPSA) is 63.2 Å². The number of ether oxygens (including phenoxy) is 5. The molecule has 0 heterocycles. The van der Waals surface area contributed by atoms with Gasteiger partial charge in [0.15, 0.2) is 0 Å². The molecule has 0 saturated carbocycles. The molecule has 0 amide bonds. The number of aryl methyl sites for hydroxylation is 1. The van der Waals surface area contributed by atoms with Crippen LogP contribution >= 0.6 is 0 Å². The van der Waals surface area contributed by atoms with E-state index in [1.165, 1.54) is 50.5 Å². The van der Waals surface area contributed by atoms with Gasteiger partial charge in [0, 0.05) is 6.08 Å². The van der Waals surface area contributed by atoms with E-state index in [-0.39, 0.29) is 6.61 Å². The van der Waals surface area contributed by atoms with Gasteiger partial charge in [0.05, 0.1) is 39.6 Å². The van der Waals surface area contributed by atoms with Crippen molar-refractivity contribution in [2.24, 2.45) is 0 Å². The molecule has 0 fully saturated rings. The summed E-state index contributed by atoms with van der Waals surface area (Å²) in [5.41, 5.74) is 1.28. The van der Waals surface area contributed by atoms with Crippen LogP contribution in [0.2, 0.25) is 0 Å². The monoisotopic (exact) mass is 450 g/mol. The zero-order valence-corrected chi connectivity index (χ0v) is 19.9. The maximum absolute atomic E-state index is 10.8. The van der Waals surface area contributed by atoms with E-state index in [0.29, 0.717) is 46.2 Å². The largest absolute Gasteiger partial charge is 0.491 e. The smallest absolute Gasteiger partial charge is 0.330 e. The van der Waals surface area contributed by atoms with Gasteiger partial charge < -0.3 is 23.7 Å². The van der Waals surface area contributed by atoms with Crippen LogP contribution in [0.25, 0.3) is 0 Å². The molecule has 6 nitrogen and oxygen atoms in total. The van der Waals surface area contributed by atoms with E-state index in [0.717, 1.165) is 18.2 Å². The highest BCUT2D eigenvalue weighted by atomic mass is 16.6. The van der Waals surface area contributed by atoms with Gasteiger partial charge in [-0.15, -0.1) is 0 Å². The number of hydrogen-bond acceptors (Lipinski definition) is 6. The minimum atomic E-state index is -0.442. The van der Waals surface area contributed by atoms with Crippen molar-refractivity contribution in [3.8, 4) is 5.75 Å². The van der Waals surface area contributed by atoms with E-state index in [4.69, 9.17) is 23.7 Å². The summed E-state index contributed by atoms with van der Waals surface area (Å²) in [6.07, 6.45) is 11.4. The second-order valence-electron chi connectivity index (χ2n) is 7.54. The average molecular weight is 451 g/mol. The third-order valence-corrected chi connectivity index (χ3v) is 4.89. The minimum Gasteiger partial charge on any atom is -0.491 e. The van der Waals surface area contributed by atoms with Gasteiger partial charge in [0.25, 0.3) is 0 Å². The number of hydrogen-bond donors (Lipinski definition) is 0. The van der Waals surface area contributed by atoms with Gasteiger partial charge in [0.1, 0.15) is 19.0 Å². The zero-order valence-electron chi connectivity index (χ0n) is 19.9. The Morgan fingerprint density at radius 2 is 1.34 bits per heavy atom. The number of unbranched alkanes of at least 4 members (excludes halogenated alkanes) is 6. The molecule has 0 saturated heterocycles. The van der Waals surface area contributed by atoms with Crippen LogP contribution in [0.3, 0.4) is 0 Å². The summed E-state index contributed by atoms with van der Waals surface area (Å²) < 4.78 is 27.0. The summed E-state index contributed by atoms with van der Waals surface area (Å²) >= 11 is 0. The van der Waals surface area contributed by atoms with Crippen LogP contribution in [0, 0.1) is 0 Å². The van der Waals surface area contributed by atoms with Crippen molar-refractivity contribution in [2.75, 3.05) is 52.9 Å². The van der Waals surface area contributed by atoms with Crippen molar-refractivity contribution < 1.29 is 28.5 Å². The molecule has 0 N–H and O–H groups in total. The first-order chi connectivity index (χ1) is 15.8. The minimum absolute atomic E-state index is 0.218. The Morgan fingerprint density at radius 1 is 0.781 bits per heavy atom. The Labute approximate surface area is 194 Å². The Bertz CT molecular complexity index is 589. The van der Waals surface area contributed by atoms with Gasteiger partial charge in [-0.25, -0.2) is 4.79 Å². The molecule has 0 aliphatic heterocycles. The number of para-hydroxylation sites is 1.